The van der Waals surface area contributed by atoms with Gasteiger partial charge in [-0.3, -0.25) is 9.59 Å². The summed E-state index contributed by atoms with van der Waals surface area (Å²) < 4.78 is 0. The van der Waals surface area contributed by atoms with Crippen molar-refractivity contribution in [3.63, 3.8) is 0 Å². The first-order chi connectivity index (χ1) is 12.4. The highest BCUT2D eigenvalue weighted by Crippen LogP contribution is 2.25. The Balaban J connectivity index is 2.29. The quantitative estimate of drug-likeness (QED) is 0.708. The lowest BCUT2D eigenvalue weighted by Crippen LogP contribution is -2.26. The molecule has 2 atom stereocenters. The predicted octanol–water partition coefficient (Wildman–Crippen LogP) is 3.62. The Bertz CT molecular complexity index is 809. The molecule has 5 nitrogen and oxygen atoms in total. The van der Waals surface area contributed by atoms with Crippen molar-refractivity contribution in [1.82, 2.24) is 0 Å². The summed E-state index contributed by atoms with van der Waals surface area (Å²) in [7, 11) is 0. The van der Waals surface area contributed by atoms with Crippen LogP contribution in [0.3, 0.4) is 0 Å². The molecule has 2 rings (SSSR count). The van der Waals surface area contributed by atoms with E-state index in [4.69, 9.17) is 0 Å². The zero-order valence-corrected chi connectivity index (χ0v) is 14.3. The van der Waals surface area contributed by atoms with E-state index < -0.39 is 23.8 Å². The van der Waals surface area contributed by atoms with E-state index in [0.29, 0.717) is 5.56 Å². The number of hydrogen-bond acceptors (Lipinski definition) is 3. The van der Waals surface area contributed by atoms with Crippen molar-refractivity contribution in [3.05, 3.63) is 77.4 Å². The van der Waals surface area contributed by atoms with Crippen LogP contribution in [0.5, 0.6) is 0 Å². The number of carboxylic acids is 2. The molecule has 0 aromatic heterocycles. The Morgan fingerprint density at radius 3 is 1.96 bits per heavy atom. The van der Waals surface area contributed by atoms with Crippen LogP contribution in [0, 0.1) is 5.92 Å². The lowest BCUT2D eigenvalue weighted by molar-refractivity contribution is -0.145. The number of carboxylic acid groups (broad SMARTS) is 2. The number of carbonyl (C=O) groups excluding carboxylic acids is 1. The fraction of sp³-hybridized carbons (Fsp3) is 0.190. The second kappa shape index (κ2) is 8.76. The fourth-order valence-electron chi connectivity index (χ4n) is 2.68. The molecule has 0 aliphatic carbocycles. The van der Waals surface area contributed by atoms with Gasteiger partial charge in [-0.05, 0) is 17.2 Å². The highest BCUT2D eigenvalue weighted by molar-refractivity contribution is 6.00. The number of aliphatic carboxylic acids is 2. The van der Waals surface area contributed by atoms with Gasteiger partial charge in [0.2, 0.25) is 0 Å². The molecule has 26 heavy (non-hydrogen) atoms. The van der Waals surface area contributed by atoms with Crippen LogP contribution in [-0.4, -0.2) is 27.9 Å². The molecule has 0 aliphatic heterocycles. The maximum Gasteiger partial charge on any atom is 0.332 e. The lowest BCUT2D eigenvalue weighted by atomic mass is 9.86. The minimum atomic E-state index is -1.41. The third-order valence-corrected chi connectivity index (χ3v) is 4.23. The van der Waals surface area contributed by atoms with Gasteiger partial charge in [-0.2, -0.15) is 0 Å². The van der Waals surface area contributed by atoms with E-state index in [1.807, 2.05) is 6.07 Å². The van der Waals surface area contributed by atoms with Gasteiger partial charge in [0.15, 0.2) is 0 Å². The number of hydrogen-bond donors (Lipinski definition) is 2. The van der Waals surface area contributed by atoms with Gasteiger partial charge in [-0.25, -0.2) is 4.79 Å². The van der Waals surface area contributed by atoms with Crippen molar-refractivity contribution in [2.45, 2.75) is 19.3 Å². The van der Waals surface area contributed by atoms with E-state index in [1.165, 1.54) is 6.08 Å². The monoisotopic (exact) mass is 352 g/mol. The maximum absolute atomic E-state index is 12.6. The van der Waals surface area contributed by atoms with Crippen LogP contribution in [0.1, 0.15) is 30.4 Å². The van der Waals surface area contributed by atoms with Gasteiger partial charge in [-0.15, -0.1) is 0 Å². The number of Topliss-reactive ketones (excluding diaryl/α,β-unsaturated/α-hetero) is 1. The smallest absolute Gasteiger partial charge is 0.332 e. The molecule has 0 aliphatic rings. The van der Waals surface area contributed by atoms with Gasteiger partial charge in [0.25, 0.3) is 0 Å². The van der Waals surface area contributed by atoms with Crippen molar-refractivity contribution < 1.29 is 24.6 Å². The van der Waals surface area contributed by atoms with Gasteiger partial charge in [-0.1, -0.05) is 67.6 Å². The van der Waals surface area contributed by atoms with Gasteiger partial charge in [0, 0.05) is 12.3 Å². The van der Waals surface area contributed by atoms with Crippen LogP contribution in [0.25, 0.3) is 6.08 Å². The first-order valence-corrected chi connectivity index (χ1v) is 8.20. The van der Waals surface area contributed by atoms with E-state index in [1.54, 1.807) is 61.5 Å². The van der Waals surface area contributed by atoms with Crippen molar-refractivity contribution in [3.8, 4) is 0 Å². The van der Waals surface area contributed by atoms with Gasteiger partial charge < -0.3 is 10.2 Å². The lowest BCUT2D eigenvalue weighted by Gasteiger charge is -2.16. The largest absolute Gasteiger partial charge is 0.481 e. The topological polar surface area (TPSA) is 91.7 Å². The van der Waals surface area contributed by atoms with Crippen molar-refractivity contribution in [2.75, 3.05) is 0 Å². The van der Waals surface area contributed by atoms with Crippen molar-refractivity contribution >= 4 is 23.8 Å². The summed E-state index contributed by atoms with van der Waals surface area (Å²) >= 11 is 0. The summed E-state index contributed by atoms with van der Waals surface area (Å²) in [6.45, 7) is 1.69. The van der Waals surface area contributed by atoms with Crippen LogP contribution in [-0.2, 0) is 14.4 Å². The predicted molar refractivity (Wildman–Crippen MR) is 97.7 cm³/mol. The Labute approximate surface area is 151 Å². The molecule has 2 unspecified atom stereocenters. The third kappa shape index (κ3) is 4.89. The molecule has 5 heteroatoms. The fourth-order valence-corrected chi connectivity index (χ4v) is 2.68. The summed E-state index contributed by atoms with van der Waals surface area (Å²) in [4.78, 5) is 35.9. The second-order valence-electron chi connectivity index (χ2n) is 6.01. The SMILES string of the molecule is CC(C(=O)CC(C(=O)O)C(=Cc1ccccc1)C(=O)O)c1ccccc1. The highest BCUT2D eigenvalue weighted by Gasteiger charge is 2.31. The molecule has 2 N–H and O–H groups in total. The molecule has 134 valence electrons. The Morgan fingerprint density at radius 1 is 0.923 bits per heavy atom. The van der Waals surface area contributed by atoms with Crippen LogP contribution in [0.2, 0.25) is 0 Å². The van der Waals surface area contributed by atoms with Gasteiger partial charge in [0.05, 0.1) is 11.5 Å². The average Bonchev–Trinajstić information content (AvgIpc) is 2.64. The molecule has 0 spiro atoms. The zero-order chi connectivity index (χ0) is 19.1. The molecule has 0 heterocycles. The average molecular weight is 352 g/mol. The summed E-state index contributed by atoms with van der Waals surface area (Å²) in [6, 6.07) is 17.6. The van der Waals surface area contributed by atoms with E-state index >= 15 is 0 Å². The molecule has 2 aromatic carbocycles. The maximum atomic E-state index is 12.6. The van der Waals surface area contributed by atoms with Crippen LogP contribution in [0.4, 0.5) is 0 Å². The molecule has 0 saturated carbocycles. The zero-order valence-electron chi connectivity index (χ0n) is 14.3. The molecule has 0 radical (unpaired) electrons. The van der Waals surface area contributed by atoms with Crippen LogP contribution >= 0.6 is 0 Å². The molecule has 0 amide bonds. The van der Waals surface area contributed by atoms with Gasteiger partial charge in [0.1, 0.15) is 5.78 Å². The summed E-state index contributed by atoms with van der Waals surface area (Å²) in [5.41, 5.74) is 1.03. The Morgan fingerprint density at radius 2 is 1.46 bits per heavy atom. The van der Waals surface area contributed by atoms with Crippen LogP contribution in [0.15, 0.2) is 66.2 Å². The molecule has 2 aromatic rings. The molecule has 0 saturated heterocycles. The Kier molecular flexibility index (Phi) is 6.44. The normalized spacial score (nSPS) is 13.7. The number of carbonyl (C=O) groups is 3. The van der Waals surface area contributed by atoms with E-state index in [9.17, 15) is 24.6 Å². The number of benzene rings is 2. The minimum absolute atomic E-state index is 0.308. The van der Waals surface area contributed by atoms with E-state index in [0.717, 1.165) is 5.56 Å². The standard InChI is InChI=1S/C21H20O5/c1-14(16-10-6-3-7-11-16)19(22)13-18(21(25)26)17(20(23)24)12-15-8-4-2-5-9-15/h2-12,14,18H,13H2,1H3,(H,23,24)(H,25,26). The molecule has 0 fully saturated rings. The highest BCUT2D eigenvalue weighted by atomic mass is 16.4. The Hall–Kier alpha value is -3.21. The van der Waals surface area contributed by atoms with Crippen molar-refractivity contribution in [1.29, 1.82) is 0 Å². The molecule has 0 bridgehead atoms. The van der Waals surface area contributed by atoms with Crippen molar-refractivity contribution in [2.24, 2.45) is 5.92 Å². The minimum Gasteiger partial charge on any atom is -0.481 e. The molecular formula is C21H20O5. The van der Waals surface area contributed by atoms with Crippen LogP contribution < -0.4 is 0 Å². The number of ketones is 1. The molecular weight excluding hydrogens is 332 g/mol. The van der Waals surface area contributed by atoms with E-state index in [2.05, 4.69) is 0 Å². The summed E-state index contributed by atoms with van der Waals surface area (Å²) in [5, 5.41) is 19.0. The first kappa shape index (κ1) is 19.1. The summed E-state index contributed by atoms with van der Waals surface area (Å²) in [6.07, 6.45) is 0.929. The van der Waals surface area contributed by atoms with Gasteiger partial charge >= 0.3 is 11.9 Å². The van der Waals surface area contributed by atoms with E-state index in [-0.39, 0.29) is 17.8 Å². The second-order valence-corrected chi connectivity index (χ2v) is 6.01. The third-order valence-electron chi connectivity index (χ3n) is 4.23. The first-order valence-electron chi connectivity index (χ1n) is 8.20. The summed E-state index contributed by atoms with van der Waals surface area (Å²) in [5.74, 6) is -4.91. The number of rotatable bonds is 8.